The summed E-state index contributed by atoms with van der Waals surface area (Å²) in [5, 5.41) is 11.9. The zero-order chi connectivity index (χ0) is 35.0. The second-order valence-electron chi connectivity index (χ2n) is 18.2. The molecule has 0 radical (unpaired) electrons. The van der Waals surface area contributed by atoms with Crippen LogP contribution in [0.5, 0.6) is 5.75 Å². The maximum absolute atomic E-state index is 11.4. The molecule has 0 fully saturated rings. The first kappa shape index (κ1) is 39.0. The molecule has 0 bridgehead atoms. The lowest BCUT2D eigenvalue weighted by Gasteiger charge is -2.33. The van der Waals surface area contributed by atoms with Crippen LogP contribution in [0, 0.1) is 0 Å². The predicted octanol–water partition coefficient (Wildman–Crippen LogP) is 10.7. The highest BCUT2D eigenvalue weighted by molar-refractivity contribution is 5.86. The Hall–Kier alpha value is -3.02. The minimum Gasteiger partial charge on any atom is -0.465 e. The fraction of sp³-hybridized carbons (Fsp3) is 0.632. The predicted molar refractivity (Wildman–Crippen MR) is 187 cm³/mol. The van der Waals surface area contributed by atoms with Gasteiger partial charge in [0.1, 0.15) is 5.75 Å². The highest BCUT2D eigenvalue weighted by Gasteiger charge is 2.32. The molecule has 6 heteroatoms. The fourth-order valence-corrected chi connectivity index (χ4v) is 4.89. The first-order valence-electron chi connectivity index (χ1n) is 15.6. The smallest absolute Gasteiger partial charge is 0.409 e. The molecule has 2 amide bonds. The highest BCUT2D eigenvalue weighted by atomic mass is 16.5. The zero-order valence-corrected chi connectivity index (χ0v) is 31.1. The van der Waals surface area contributed by atoms with Crippen molar-refractivity contribution in [1.82, 2.24) is 0 Å². The highest BCUT2D eigenvalue weighted by Crippen LogP contribution is 2.43. The second-order valence-corrected chi connectivity index (χ2v) is 18.2. The second kappa shape index (κ2) is 12.8. The molecule has 0 unspecified atom stereocenters. The number of hydrogen-bond donors (Lipinski definition) is 3. The van der Waals surface area contributed by atoms with Crippen LogP contribution >= 0.6 is 0 Å². The summed E-state index contributed by atoms with van der Waals surface area (Å²) in [6.45, 7) is 38.6. The van der Waals surface area contributed by atoms with E-state index in [9.17, 15) is 14.7 Å². The van der Waals surface area contributed by atoms with Crippen molar-refractivity contribution in [1.29, 1.82) is 0 Å². The summed E-state index contributed by atoms with van der Waals surface area (Å²) in [5.41, 5.74) is 12.1. The van der Waals surface area contributed by atoms with Gasteiger partial charge in [-0.25, -0.2) is 9.59 Å². The van der Waals surface area contributed by atoms with Crippen molar-refractivity contribution in [3.05, 3.63) is 57.6 Å². The molecule has 2 aromatic rings. The van der Waals surface area contributed by atoms with Crippen molar-refractivity contribution < 1.29 is 19.4 Å². The number of carbonyl (C=O) groups excluding carboxylic acids is 1. The van der Waals surface area contributed by atoms with E-state index >= 15 is 0 Å². The van der Waals surface area contributed by atoms with Crippen molar-refractivity contribution in [2.24, 2.45) is 5.73 Å². The minimum absolute atomic E-state index is 0.0156. The SMILES string of the molecule is CC(C)(C)c1cc(C(C)(C)C)c(NC(=O)O)c(C(C)(C)C)c1.CC(C)(C)c1cc(C(C)(C)C)c(OC(N)=O)c(C(C)(C)C)c1. The number of nitrogens with two attached hydrogens (primary N) is 1. The van der Waals surface area contributed by atoms with Crippen LogP contribution in [0.2, 0.25) is 0 Å². The van der Waals surface area contributed by atoms with E-state index in [2.05, 4.69) is 154 Å². The lowest BCUT2D eigenvalue weighted by Crippen LogP contribution is -2.26. The van der Waals surface area contributed by atoms with Crippen molar-refractivity contribution in [3.63, 3.8) is 0 Å². The van der Waals surface area contributed by atoms with Crippen LogP contribution in [0.15, 0.2) is 24.3 Å². The van der Waals surface area contributed by atoms with E-state index in [1.807, 2.05) is 0 Å². The molecular formula is C38H62N2O4. The molecule has 2 aromatic carbocycles. The number of benzene rings is 2. The van der Waals surface area contributed by atoms with Crippen LogP contribution in [-0.2, 0) is 32.5 Å². The number of rotatable bonds is 2. The molecule has 0 aliphatic heterocycles. The van der Waals surface area contributed by atoms with Gasteiger partial charge in [-0.15, -0.1) is 0 Å². The van der Waals surface area contributed by atoms with Gasteiger partial charge in [0.15, 0.2) is 0 Å². The molecule has 0 saturated carbocycles. The Kier molecular flexibility index (Phi) is 11.3. The molecule has 4 N–H and O–H groups in total. The third-order valence-electron chi connectivity index (χ3n) is 7.63. The van der Waals surface area contributed by atoms with Crippen molar-refractivity contribution >= 4 is 17.9 Å². The number of ether oxygens (including phenoxy) is 1. The Morgan fingerprint density at radius 1 is 0.545 bits per heavy atom. The van der Waals surface area contributed by atoms with Gasteiger partial charge in [-0.2, -0.15) is 0 Å². The molecule has 248 valence electrons. The quantitative estimate of drug-likeness (QED) is 0.315. The van der Waals surface area contributed by atoms with E-state index in [1.165, 1.54) is 11.1 Å². The normalized spacial score (nSPS) is 13.1. The lowest BCUT2D eigenvalue weighted by molar-refractivity contribution is 0.208. The van der Waals surface area contributed by atoms with Gasteiger partial charge < -0.3 is 15.6 Å². The van der Waals surface area contributed by atoms with Gasteiger partial charge in [0, 0.05) is 11.1 Å². The lowest BCUT2D eigenvalue weighted by atomic mass is 9.74. The van der Waals surface area contributed by atoms with Gasteiger partial charge in [0.25, 0.3) is 0 Å². The average Bonchev–Trinajstić information content (AvgIpc) is 2.74. The summed E-state index contributed by atoms with van der Waals surface area (Å²) in [6, 6.07) is 8.60. The van der Waals surface area contributed by atoms with Crippen LogP contribution in [0.3, 0.4) is 0 Å². The number of amides is 2. The molecule has 0 aromatic heterocycles. The Morgan fingerprint density at radius 3 is 1.02 bits per heavy atom. The van der Waals surface area contributed by atoms with Crippen LogP contribution in [0.4, 0.5) is 15.3 Å². The Labute approximate surface area is 268 Å². The summed E-state index contributed by atoms with van der Waals surface area (Å²) in [4.78, 5) is 22.7. The summed E-state index contributed by atoms with van der Waals surface area (Å²) < 4.78 is 5.44. The number of nitrogens with one attached hydrogen (secondary N) is 1. The number of carbonyl (C=O) groups is 2. The summed E-state index contributed by atoms with van der Waals surface area (Å²) >= 11 is 0. The molecule has 0 spiro atoms. The van der Waals surface area contributed by atoms with Crippen LogP contribution in [0.25, 0.3) is 0 Å². The van der Waals surface area contributed by atoms with E-state index in [-0.39, 0.29) is 32.5 Å². The first-order chi connectivity index (χ1) is 19.3. The average molecular weight is 611 g/mol. The number of hydrogen-bond acceptors (Lipinski definition) is 3. The van der Waals surface area contributed by atoms with Crippen LogP contribution < -0.4 is 15.8 Å². The Morgan fingerprint density at radius 2 is 0.818 bits per heavy atom. The topological polar surface area (TPSA) is 102 Å². The summed E-state index contributed by atoms with van der Waals surface area (Å²) in [6.07, 6.45) is -1.78. The molecule has 2 rings (SSSR count). The first-order valence-corrected chi connectivity index (χ1v) is 15.6. The van der Waals surface area contributed by atoms with Gasteiger partial charge in [0.05, 0.1) is 5.69 Å². The monoisotopic (exact) mass is 610 g/mol. The van der Waals surface area contributed by atoms with Gasteiger partial charge in [0.2, 0.25) is 0 Å². The van der Waals surface area contributed by atoms with Crippen molar-refractivity contribution in [3.8, 4) is 5.75 Å². The number of anilines is 1. The maximum atomic E-state index is 11.4. The summed E-state index contributed by atoms with van der Waals surface area (Å²) in [7, 11) is 0. The van der Waals surface area contributed by atoms with Crippen molar-refractivity contribution in [2.75, 3.05) is 5.32 Å². The number of primary amides is 1. The van der Waals surface area contributed by atoms with E-state index in [1.54, 1.807) is 0 Å². The fourth-order valence-electron chi connectivity index (χ4n) is 4.89. The third-order valence-corrected chi connectivity index (χ3v) is 7.63. The Balaban J connectivity index is 0.000000440. The van der Waals surface area contributed by atoms with E-state index in [0.717, 1.165) is 27.9 Å². The zero-order valence-electron chi connectivity index (χ0n) is 31.1. The molecule has 0 heterocycles. The molecule has 0 saturated heterocycles. The molecular weight excluding hydrogens is 548 g/mol. The third kappa shape index (κ3) is 10.6. The van der Waals surface area contributed by atoms with E-state index < -0.39 is 12.2 Å². The van der Waals surface area contributed by atoms with E-state index in [0.29, 0.717) is 5.75 Å². The summed E-state index contributed by atoms with van der Waals surface area (Å²) in [5.74, 6) is 0.612. The van der Waals surface area contributed by atoms with Gasteiger partial charge in [-0.05, 0) is 54.7 Å². The Bertz CT molecular complexity index is 1170. The van der Waals surface area contributed by atoms with Crippen molar-refractivity contribution in [2.45, 2.75) is 157 Å². The molecule has 0 aliphatic carbocycles. The minimum atomic E-state index is -1.01. The van der Waals surface area contributed by atoms with Gasteiger partial charge >= 0.3 is 12.2 Å². The maximum Gasteiger partial charge on any atom is 0.409 e. The molecule has 6 nitrogen and oxygen atoms in total. The molecule has 0 atom stereocenters. The largest absolute Gasteiger partial charge is 0.465 e. The van der Waals surface area contributed by atoms with Gasteiger partial charge in [-0.3, -0.25) is 5.32 Å². The molecule has 0 aliphatic rings. The standard InChI is InChI=1S/2C19H31NO2/c1-17(2,3)12-10-13(18(4,5)6)15(22-16(20)21)14(11-12)19(7,8)9;1-17(2,3)12-10-13(18(4,5)6)15(20-16(21)22)14(11-12)19(7,8)9/h10-11H,1-9H3,(H2,20,21);10-11,20H,1-9H3,(H,21,22). The van der Waals surface area contributed by atoms with Gasteiger partial charge in [-0.1, -0.05) is 149 Å². The molecule has 44 heavy (non-hydrogen) atoms. The number of carboxylic acid groups (broad SMARTS) is 1. The van der Waals surface area contributed by atoms with Crippen LogP contribution in [-0.4, -0.2) is 17.3 Å². The van der Waals surface area contributed by atoms with Crippen LogP contribution in [0.1, 0.15) is 158 Å². The van der Waals surface area contributed by atoms with E-state index in [4.69, 9.17) is 10.5 Å².